The fourth-order valence-corrected chi connectivity index (χ4v) is 1.69. The molecule has 1 amide bonds. The Labute approximate surface area is 108 Å². The van der Waals surface area contributed by atoms with E-state index in [1.165, 1.54) is 0 Å². The van der Waals surface area contributed by atoms with Crippen LogP contribution in [0.5, 0.6) is 0 Å². The highest BCUT2D eigenvalue weighted by Gasteiger charge is 2.06. The number of carbonyl (C=O) groups is 1. The number of halogens is 1. The lowest BCUT2D eigenvalue weighted by molar-refractivity contribution is 0.0949. The highest BCUT2D eigenvalue weighted by atomic mass is 79.9. The highest BCUT2D eigenvalue weighted by Crippen LogP contribution is 2.10. The van der Waals surface area contributed by atoms with Crippen LogP contribution in [0.1, 0.15) is 16.2 Å². The zero-order valence-electron chi connectivity index (χ0n) is 9.35. The van der Waals surface area contributed by atoms with Gasteiger partial charge in [0, 0.05) is 29.5 Å². The first-order chi connectivity index (χ1) is 8.16. The molecule has 0 aliphatic heterocycles. The van der Waals surface area contributed by atoms with Gasteiger partial charge in [0.25, 0.3) is 5.91 Å². The summed E-state index contributed by atoms with van der Waals surface area (Å²) in [5, 5.41) is 2.82. The Morgan fingerprint density at radius 1 is 1.41 bits per heavy atom. The number of nitrogens with one attached hydrogen (secondary N) is 1. The lowest BCUT2D eigenvalue weighted by atomic mass is 10.2. The molecular formula is C12H12BrN3O. The summed E-state index contributed by atoms with van der Waals surface area (Å²) in [6.45, 7) is 0.429. The van der Waals surface area contributed by atoms with Crippen molar-refractivity contribution in [3.8, 4) is 0 Å². The summed E-state index contributed by atoms with van der Waals surface area (Å²) >= 11 is 3.33. The Hall–Kier alpha value is -1.62. The van der Waals surface area contributed by atoms with Gasteiger partial charge in [0.2, 0.25) is 0 Å². The van der Waals surface area contributed by atoms with Crippen LogP contribution in [-0.4, -0.2) is 15.5 Å². The Kier molecular flexibility index (Phi) is 3.58. The summed E-state index contributed by atoms with van der Waals surface area (Å²) in [5.41, 5.74) is 0.641. The summed E-state index contributed by atoms with van der Waals surface area (Å²) in [4.78, 5) is 15.9. The van der Waals surface area contributed by atoms with E-state index in [1.807, 2.05) is 29.9 Å². The van der Waals surface area contributed by atoms with Gasteiger partial charge in [-0.15, -0.1) is 0 Å². The van der Waals surface area contributed by atoms with Gasteiger partial charge in [0.1, 0.15) is 5.82 Å². The number of imidazole rings is 1. The molecule has 2 rings (SSSR count). The molecule has 0 atom stereocenters. The molecule has 0 unspecified atom stereocenters. The maximum atomic E-state index is 11.8. The van der Waals surface area contributed by atoms with Crippen LogP contribution in [0, 0.1) is 0 Å². The molecular weight excluding hydrogens is 282 g/mol. The van der Waals surface area contributed by atoms with Gasteiger partial charge in [-0.25, -0.2) is 4.98 Å². The number of hydrogen-bond donors (Lipinski definition) is 1. The lowest BCUT2D eigenvalue weighted by Gasteiger charge is -2.05. The molecule has 0 spiro atoms. The first-order valence-electron chi connectivity index (χ1n) is 5.17. The zero-order valence-corrected chi connectivity index (χ0v) is 10.9. The average molecular weight is 294 g/mol. The quantitative estimate of drug-likeness (QED) is 0.942. The van der Waals surface area contributed by atoms with Crippen molar-refractivity contribution in [1.82, 2.24) is 14.9 Å². The van der Waals surface area contributed by atoms with Gasteiger partial charge in [-0.05, 0) is 24.3 Å². The molecule has 0 aliphatic rings. The highest BCUT2D eigenvalue weighted by molar-refractivity contribution is 9.10. The third-order valence-electron chi connectivity index (χ3n) is 2.43. The first kappa shape index (κ1) is 11.9. The second-order valence-corrected chi connectivity index (χ2v) is 4.56. The maximum absolute atomic E-state index is 11.8. The standard InChI is InChI=1S/C12H12BrN3O/c1-16-7-6-14-11(16)8-15-12(17)9-2-4-10(13)5-3-9/h2-7H,8H2,1H3,(H,15,17). The van der Waals surface area contributed by atoms with Crippen molar-refractivity contribution in [3.05, 3.63) is 52.5 Å². The Bertz CT molecular complexity index is 519. The van der Waals surface area contributed by atoms with Crippen molar-refractivity contribution in [2.45, 2.75) is 6.54 Å². The van der Waals surface area contributed by atoms with Crippen LogP contribution in [0.2, 0.25) is 0 Å². The number of nitrogens with zero attached hydrogens (tertiary/aromatic N) is 2. The van der Waals surface area contributed by atoms with Gasteiger partial charge in [-0.3, -0.25) is 4.79 Å². The second kappa shape index (κ2) is 5.14. The summed E-state index contributed by atoms with van der Waals surface area (Å²) in [6, 6.07) is 7.24. The largest absolute Gasteiger partial charge is 0.345 e. The molecule has 88 valence electrons. The molecule has 4 nitrogen and oxygen atoms in total. The minimum Gasteiger partial charge on any atom is -0.345 e. The van der Waals surface area contributed by atoms with Crippen LogP contribution >= 0.6 is 15.9 Å². The summed E-state index contributed by atoms with van der Waals surface area (Å²) in [6.07, 6.45) is 3.56. The topological polar surface area (TPSA) is 46.9 Å². The molecule has 1 heterocycles. The van der Waals surface area contributed by atoms with E-state index in [-0.39, 0.29) is 5.91 Å². The van der Waals surface area contributed by atoms with Crippen LogP contribution < -0.4 is 5.32 Å². The molecule has 1 N–H and O–H groups in total. The molecule has 0 saturated carbocycles. The van der Waals surface area contributed by atoms with E-state index in [9.17, 15) is 4.79 Å². The van der Waals surface area contributed by atoms with Crippen molar-refractivity contribution in [2.75, 3.05) is 0 Å². The number of aromatic nitrogens is 2. The van der Waals surface area contributed by atoms with E-state index in [0.717, 1.165) is 10.3 Å². The van der Waals surface area contributed by atoms with Crippen LogP contribution in [0.4, 0.5) is 0 Å². The number of carbonyl (C=O) groups excluding carboxylic acids is 1. The van der Waals surface area contributed by atoms with Crippen molar-refractivity contribution in [1.29, 1.82) is 0 Å². The van der Waals surface area contributed by atoms with E-state index >= 15 is 0 Å². The van der Waals surface area contributed by atoms with E-state index in [0.29, 0.717) is 12.1 Å². The van der Waals surface area contributed by atoms with Crippen LogP contribution in [0.3, 0.4) is 0 Å². The molecule has 17 heavy (non-hydrogen) atoms. The third kappa shape index (κ3) is 2.94. The third-order valence-corrected chi connectivity index (χ3v) is 2.96. The molecule has 1 aromatic carbocycles. The Morgan fingerprint density at radius 3 is 2.71 bits per heavy atom. The lowest BCUT2D eigenvalue weighted by Crippen LogP contribution is -2.24. The van der Waals surface area contributed by atoms with Crippen LogP contribution in [-0.2, 0) is 13.6 Å². The maximum Gasteiger partial charge on any atom is 0.251 e. The van der Waals surface area contributed by atoms with E-state index in [2.05, 4.69) is 26.2 Å². The first-order valence-corrected chi connectivity index (χ1v) is 5.96. The number of benzene rings is 1. The van der Waals surface area contributed by atoms with Crippen molar-refractivity contribution < 1.29 is 4.79 Å². The van der Waals surface area contributed by atoms with E-state index in [1.54, 1.807) is 18.3 Å². The zero-order chi connectivity index (χ0) is 12.3. The predicted molar refractivity (Wildman–Crippen MR) is 68.5 cm³/mol. The Balaban J connectivity index is 1.98. The van der Waals surface area contributed by atoms with Gasteiger partial charge in [0.05, 0.1) is 6.54 Å². The summed E-state index contributed by atoms with van der Waals surface area (Å²) < 4.78 is 2.83. The van der Waals surface area contributed by atoms with Gasteiger partial charge >= 0.3 is 0 Å². The molecule has 0 saturated heterocycles. The number of hydrogen-bond acceptors (Lipinski definition) is 2. The van der Waals surface area contributed by atoms with Gasteiger partial charge in [-0.1, -0.05) is 15.9 Å². The average Bonchev–Trinajstić information content (AvgIpc) is 2.73. The number of aryl methyl sites for hydroxylation is 1. The number of amides is 1. The molecule has 0 bridgehead atoms. The second-order valence-electron chi connectivity index (χ2n) is 3.64. The van der Waals surface area contributed by atoms with Crippen LogP contribution in [0.15, 0.2) is 41.1 Å². The van der Waals surface area contributed by atoms with Gasteiger partial charge < -0.3 is 9.88 Å². The van der Waals surface area contributed by atoms with Gasteiger partial charge in [-0.2, -0.15) is 0 Å². The molecule has 2 aromatic rings. The molecule has 5 heteroatoms. The minimum atomic E-state index is -0.0968. The molecule has 0 fully saturated rings. The Morgan fingerprint density at radius 2 is 2.12 bits per heavy atom. The van der Waals surface area contributed by atoms with Crippen molar-refractivity contribution in [2.24, 2.45) is 7.05 Å². The normalized spacial score (nSPS) is 10.2. The SMILES string of the molecule is Cn1ccnc1CNC(=O)c1ccc(Br)cc1. The fraction of sp³-hybridized carbons (Fsp3) is 0.167. The van der Waals surface area contributed by atoms with Gasteiger partial charge in [0.15, 0.2) is 0 Å². The fourth-order valence-electron chi connectivity index (χ4n) is 1.43. The summed E-state index contributed by atoms with van der Waals surface area (Å²) in [5.74, 6) is 0.732. The molecule has 1 aromatic heterocycles. The minimum absolute atomic E-state index is 0.0968. The molecule has 0 radical (unpaired) electrons. The summed E-state index contributed by atoms with van der Waals surface area (Å²) in [7, 11) is 1.90. The number of rotatable bonds is 3. The molecule has 0 aliphatic carbocycles. The van der Waals surface area contributed by atoms with E-state index in [4.69, 9.17) is 0 Å². The van der Waals surface area contributed by atoms with Crippen LogP contribution in [0.25, 0.3) is 0 Å². The predicted octanol–water partition coefficient (Wildman–Crippen LogP) is 2.11. The van der Waals surface area contributed by atoms with Crippen molar-refractivity contribution in [3.63, 3.8) is 0 Å². The smallest absolute Gasteiger partial charge is 0.251 e. The monoisotopic (exact) mass is 293 g/mol. The van der Waals surface area contributed by atoms with E-state index < -0.39 is 0 Å². The van der Waals surface area contributed by atoms with Crippen molar-refractivity contribution >= 4 is 21.8 Å².